The van der Waals surface area contributed by atoms with Crippen LogP contribution in [0.5, 0.6) is 0 Å². The van der Waals surface area contributed by atoms with Gasteiger partial charge in [0.25, 0.3) is 0 Å². The molecule has 0 atom stereocenters. The van der Waals surface area contributed by atoms with Gasteiger partial charge < -0.3 is 10.6 Å². The highest BCUT2D eigenvalue weighted by molar-refractivity contribution is 14.0. The summed E-state index contributed by atoms with van der Waals surface area (Å²) in [4.78, 5) is 4.19. The quantitative estimate of drug-likeness (QED) is 0.446. The zero-order valence-corrected chi connectivity index (χ0v) is 15.0. The van der Waals surface area contributed by atoms with Crippen molar-refractivity contribution in [2.45, 2.75) is 13.1 Å². The van der Waals surface area contributed by atoms with Gasteiger partial charge >= 0.3 is 0 Å². The number of guanidine groups is 1. The third-order valence-electron chi connectivity index (χ3n) is 2.64. The van der Waals surface area contributed by atoms with E-state index in [9.17, 15) is 0 Å². The van der Waals surface area contributed by atoms with Crippen molar-refractivity contribution in [1.82, 2.24) is 10.6 Å². The summed E-state index contributed by atoms with van der Waals surface area (Å²) in [7, 11) is 1.77. The second-order valence-electron chi connectivity index (χ2n) is 4.04. The van der Waals surface area contributed by atoms with Gasteiger partial charge in [0.05, 0.1) is 0 Å². The second-order valence-corrected chi connectivity index (χ2v) is 5.25. The largest absolute Gasteiger partial charge is 0.352 e. The first kappa shape index (κ1) is 17.3. The van der Waals surface area contributed by atoms with Gasteiger partial charge in [0.15, 0.2) is 5.96 Å². The SMILES string of the molecule is CN=C(NCc1ccc(Cl)cc1)NCc1ccsc1.I. The first-order valence-corrected chi connectivity index (χ1v) is 7.30. The van der Waals surface area contributed by atoms with E-state index in [0.717, 1.165) is 24.1 Å². The lowest BCUT2D eigenvalue weighted by Crippen LogP contribution is -2.36. The average Bonchev–Trinajstić information content (AvgIpc) is 2.94. The monoisotopic (exact) mass is 421 g/mol. The second kappa shape index (κ2) is 9.20. The molecular weight excluding hydrogens is 405 g/mol. The molecule has 2 aromatic rings. The molecule has 0 saturated heterocycles. The van der Waals surface area contributed by atoms with Crippen molar-refractivity contribution in [2.24, 2.45) is 4.99 Å². The van der Waals surface area contributed by atoms with Crippen molar-refractivity contribution in [3.8, 4) is 0 Å². The summed E-state index contributed by atoms with van der Waals surface area (Å²) in [5, 5.41) is 11.5. The summed E-state index contributed by atoms with van der Waals surface area (Å²) in [6, 6.07) is 9.88. The molecule has 2 rings (SSSR count). The molecule has 0 saturated carbocycles. The van der Waals surface area contributed by atoms with E-state index in [4.69, 9.17) is 11.6 Å². The van der Waals surface area contributed by atoms with Gasteiger partial charge in [-0.25, -0.2) is 0 Å². The van der Waals surface area contributed by atoms with Gasteiger partial charge in [-0.1, -0.05) is 23.7 Å². The van der Waals surface area contributed by atoms with Crippen molar-refractivity contribution in [3.63, 3.8) is 0 Å². The van der Waals surface area contributed by atoms with Crippen molar-refractivity contribution in [3.05, 3.63) is 57.2 Å². The standard InChI is InChI=1S/C14H16ClN3S.HI/c1-16-14(18-9-12-6-7-19-10-12)17-8-11-2-4-13(15)5-3-11;/h2-7,10H,8-9H2,1H3,(H2,16,17,18);1H. The lowest BCUT2D eigenvalue weighted by atomic mass is 10.2. The molecule has 0 aliphatic carbocycles. The van der Waals surface area contributed by atoms with E-state index in [1.807, 2.05) is 24.3 Å². The van der Waals surface area contributed by atoms with Crippen LogP contribution in [-0.4, -0.2) is 13.0 Å². The van der Waals surface area contributed by atoms with Crippen LogP contribution in [0.2, 0.25) is 5.02 Å². The van der Waals surface area contributed by atoms with E-state index >= 15 is 0 Å². The third kappa shape index (κ3) is 5.68. The van der Waals surface area contributed by atoms with Gasteiger partial charge in [0, 0.05) is 25.2 Å². The van der Waals surface area contributed by atoms with Crippen LogP contribution in [-0.2, 0) is 13.1 Å². The summed E-state index contributed by atoms with van der Waals surface area (Å²) in [5.74, 6) is 0.793. The Bertz CT molecular complexity index is 526. The lowest BCUT2D eigenvalue weighted by molar-refractivity contribution is 0.811. The van der Waals surface area contributed by atoms with Crippen molar-refractivity contribution in [1.29, 1.82) is 0 Å². The Kier molecular flexibility index (Phi) is 7.94. The molecule has 108 valence electrons. The Morgan fingerprint density at radius 3 is 2.30 bits per heavy atom. The summed E-state index contributed by atoms with van der Waals surface area (Å²) < 4.78 is 0. The summed E-state index contributed by atoms with van der Waals surface area (Å²) >= 11 is 7.55. The minimum Gasteiger partial charge on any atom is -0.352 e. The van der Waals surface area contributed by atoms with Crippen molar-refractivity contribution < 1.29 is 0 Å². The van der Waals surface area contributed by atoms with Gasteiger partial charge in [-0.3, -0.25) is 4.99 Å². The molecule has 0 radical (unpaired) electrons. The van der Waals surface area contributed by atoms with Crippen LogP contribution in [0.15, 0.2) is 46.1 Å². The Labute approximate surface area is 145 Å². The Morgan fingerprint density at radius 2 is 1.75 bits per heavy atom. The van der Waals surface area contributed by atoms with E-state index < -0.39 is 0 Å². The van der Waals surface area contributed by atoms with Gasteiger partial charge in [-0.15, -0.1) is 24.0 Å². The zero-order chi connectivity index (χ0) is 13.5. The fraction of sp³-hybridized carbons (Fsp3) is 0.214. The van der Waals surface area contributed by atoms with Gasteiger partial charge in [0.1, 0.15) is 0 Å². The van der Waals surface area contributed by atoms with E-state index in [0.29, 0.717) is 0 Å². The molecule has 0 aliphatic rings. The molecule has 0 spiro atoms. The fourth-order valence-corrected chi connectivity index (χ4v) is 2.38. The van der Waals surface area contributed by atoms with E-state index in [1.165, 1.54) is 11.1 Å². The van der Waals surface area contributed by atoms with Crippen LogP contribution in [0.4, 0.5) is 0 Å². The summed E-state index contributed by atoms with van der Waals surface area (Å²) in [5.41, 5.74) is 2.43. The molecule has 0 amide bonds. The Morgan fingerprint density at radius 1 is 1.10 bits per heavy atom. The average molecular weight is 422 g/mol. The lowest BCUT2D eigenvalue weighted by Gasteiger charge is -2.11. The Hall–Kier alpha value is -0.790. The van der Waals surface area contributed by atoms with Crippen LogP contribution in [0, 0.1) is 0 Å². The highest BCUT2D eigenvalue weighted by atomic mass is 127. The molecule has 2 N–H and O–H groups in total. The first-order valence-electron chi connectivity index (χ1n) is 5.98. The number of thiophene rings is 1. The van der Waals surface area contributed by atoms with Crippen LogP contribution >= 0.6 is 46.9 Å². The molecule has 1 aromatic heterocycles. The normalized spacial score (nSPS) is 10.8. The number of halogens is 2. The molecule has 1 heterocycles. The maximum absolute atomic E-state index is 5.85. The number of nitrogens with zero attached hydrogens (tertiary/aromatic N) is 1. The number of hydrogen-bond donors (Lipinski definition) is 2. The molecule has 20 heavy (non-hydrogen) atoms. The van der Waals surface area contributed by atoms with E-state index in [1.54, 1.807) is 18.4 Å². The third-order valence-corrected chi connectivity index (χ3v) is 3.62. The van der Waals surface area contributed by atoms with Gasteiger partial charge in [0.2, 0.25) is 0 Å². The smallest absolute Gasteiger partial charge is 0.191 e. The number of nitrogens with one attached hydrogen (secondary N) is 2. The number of hydrogen-bond acceptors (Lipinski definition) is 2. The van der Waals surface area contributed by atoms with Gasteiger partial charge in [-0.2, -0.15) is 11.3 Å². The molecule has 6 heteroatoms. The maximum Gasteiger partial charge on any atom is 0.191 e. The van der Waals surface area contributed by atoms with Gasteiger partial charge in [-0.05, 0) is 40.1 Å². The topological polar surface area (TPSA) is 36.4 Å². The molecular formula is C14H17ClIN3S. The zero-order valence-electron chi connectivity index (χ0n) is 11.1. The summed E-state index contributed by atoms with van der Waals surface area (Å²) in [6.07, 6.45) is 0. The maximum atomic E-state index is 5.85. The molecule has 0 aliphatic heterocycles. The van der Waals surface area contributed by atoms with E-state index in [-0.39, 0.29) is 24.0 Å². The number of aliphatic imine (C=N–C) groups is 1. The highest BCUT2D eigenvalue weighted by Crippen LogP contribution is 2.09. The predicted octanol–water partition coefficient (Wildman–Crippen LogP) is 3.88. The minimum absolute atomic E-state index is 0. The number of benzene rings is 1. The number of rotatable bonds is 4. The molecule has 0 bridgehead atoms. The molecule has 0 unspecified atom stereocenters. The first-order chi connectivity index (χ1) is 9.28. The molecule has 0 fully saturated rings. The van der Waals surface area contributed by atoms with Crippen LogP contribution in [0.3, 0.4) is 0 Å². The minimum atomic E-state index is 0. The van der Waals surface area contributed by atoms with Crippen molar-refractivity contribution in [2.75, 3.05) is 7.05 Å². The molecule has 3 nitrogen and oxygen atoms in total. The highest BCUT2D eigenvalue weighted by Gasteiger charge is 1.99. The fourth-order valence-electron chi connectivity index (χ4n) is 1.59. The van der Waals surface area contributed by atoms with Crippen LogP contribution in [0.1, 0.15) is 11.1 Å². The van der Waals surface area contributed by atoms with Crippen LogP contribution in [0.25, 0.3) is 0 Å². The van der Waals surface area contributed by atoms with Crippen LogP contribution < -0.4 is 10.6 Å². The van der Waals surface area contributed by atoms with Crippen molar-refractivity contribution >= 4 is 52.9 Å². The molecule has 1 aromatic carbocycles. The van der Waals surface area contributed by atoms with E-state index in [2.05, 4.69) is 32.5 Å². The predicted molar refractivity (Wildman–Crippen MR) is 98.2 cm³/mol. The summed E-state index contributed by atoms with van der Waals surface area (Å²) in [6.45, 7) is 1.50. The Balaban J connectivity index is 0.00000200.